The quantitative estimate of drug-likeness (QED) is 0.658. The second-order valence-electron chi connectivity index (χ2n) is 3.71. The predicted octanol–water partition coefficient (Wildman–Crippen LogP) is 1.79. The number of hydrogen-bond donors (Lipinski definition) is 1. The highest BCUT2D eigenvalue weighted by Gasteiger charge is 2.12. The zero-order valence-electron chi connectivity index (χ0n) is 9.40. The van der Waals surface area contributed by atoms with Crippen LogP contribution in [0.25, 0.3) is 5.69 Å². The highest BCUT2D eigenvalue weighted by molar-refractivity contribution is 5.87. The van der Waals surface area contributed by atoms with Gasteiger partial charge >= 0.3 is 5.97 Å². The van der Waals surface area contributed by atoms with E-state index in [9.17, 15) is 14.9 Å². The van der Waals surface area contributed by atoms with Gasteiger partial charge in [0, 0.05) is 18.3 Å². The molecule has 1 heterocycles. The lowest BCUT2D eigenvalue weighted by atomic mass is 10.2. The molecule has 0 spiro atoms. The Balaban J connectivity index is 2.51. The molecule has 0 atom stereocenters. The first kappa shape index (κ1) is 11.8. The second-order valence-corrected chi connectivity index (χ2v) is 3.71. The number of rotatable bonds is 3. The molecule has 92 valence electrons. The number of nitro benzene ring substituents is 1. The summed E-state index contributed by atoms with van der Waals surface area (Å²) in [4.78, 5) is 20.9. The van der Waals surface area contributed by atoms with Crippen LogP contribution in [0.2, 0.25) is 0 Å². The Kier molecular flexibility index (Phi) is 2.80. The van der Waals surface area contributed by atoms with Crippen LogP contribution in [0.1, 0.15) is 15.9 Å². The Morgan fingerprint density at radius 3 is 2.78 bits per heavy atom. The molecule has 0 bridgehead atoms. The lowest BCUT2D eigenvalue weighted by Crippen LogP contribution is -1.99. The fourth-order valence-electron chi connectivity index (χ4n) is 1.52. The summed E-state index contributed by atoms with van der Waals surface area (Å²) in [7, 11) is 0. The maximum atomic E-state index is 10.7. The van der Waals surface area contributed by atoms with Gasteiger partial charge < -0.3 is 5.11 Å². The van der Waals surface area contributed by atoms with E-state index in [0.717, 1.165) is 5.56 Å². The van der Waals surface area contributed by atoms with Crippen molar-refractivity contribution in [3.8, 4) is 5.69 Å². The van der Waals surface area contributed by atoms with Gasteiger partial charge in [-0.25, -0.2) is 9.48 Å². The van der Waals surface area contributed by atoms with Gasteiger partial charge in [-0.2, -0.15) is 5.10 Å². The van der Waals surface area contributed by atoms with E-state index in [-0.39, 0.29) is 11.3 Å². The molecule has 2 rings (SSSR count). The minimum atomic E-state index is -1.09. The molecule has 0 aliphatic rings. The Morgan fingerprint density at radius 2 is 2.22 bits per heavy atom. The normalized spacial score (nSPS) is 10.3. The average Bonchev–Trinajstić information content (AvgIpc) is 2.78. The van der Waals surface area contributed by atoms with Gasteiger partial charge in [0.25, 0.3) is 5.69 Å². The molecular formula is C11H9N3O4. The summed E-state index contributed by atoms with van der Waals surface area (Å²) in [5.41, 5.74) is 1.21. The van der Waals surface area contributed by atoms with Crippen LogP contribution in [0.4, 0.5) is 5.69 Å². The van der Waals surface area contributed by atoms with Gasteiger partial charge in [0.05, 0.1) is 22.4 Å². The number of carboxylic acid groups (broad SMARTS) is 1. The van der Waals surface area contributed by atoms with Crippen LogP contribution in [-0.4, -0.2) is 25.8 Å². The molecule has 0 amide bonds. The van der Waals surface area contributed by atoms with Gasteiger partial charge in [0.15, 0.2) is 0 Å². The summed E-state index contributed by atoms with van der Waals surface area (Å²) in [5, 5.41) is 23.4. The van der Waals surface area contributed by atoms with Crippen molar-refractivity contribution in [2.24, 2.45) is 0 Å². The van der Waals surface area contributed by atoms with Crippen LogP contribution in [0.5, 0.6) is 0 Å². The van der Waals surface area contributed by atoms with Crippen molar-refractivity contribution in [3.63, 3.8) is 0 Å². The third-order valence-corrected chi connectivity index (χ3v) is 2.48. The number of nitrogens with zero attached hydrogens (tertiary/aromatic N) is 3. The fourth-order valence-corrected chi connectivity index (χ4v) is 1.52. The third-order valence-electron chi connectivity index (χ3n) is 2.48. The number of aromatic carboxylic acids is 1. The monoisotopic (exact) mass is 247 g/mol. The molecule has 0 unspecified atom stereocenters. The smallest absolute Gasteiger partial charge is 0.338 e. The van der Waals surface area contributed by atoms with Gasteiger partial charge in [-0.05, 0) is 12.5 Å². The Morgan fingerprint density at radius 1 is 1.50 bits per heavy atom. The van der Waals surface area contributed by atoms with Gasteiger partial charge in [-0.1, -0.05) is 6.07 Å². The third kappa shape index (κ3) is 2.05. The van der Waals surface area contributed by atoms with Crippen molar-refractivity contribution in [1.82, 2.24) is 9.78 Å². The molecule has 1 N–H and O–H groups in total. The van der Waals surface area contributed by atoms with E-state index in [2.05, 4.69) is 5.10 Å². The van der Waals surface area contributed by atoms with E-state index in [1.165, 1.54) is 29.2 Å². The summed E-state index contributed by atoms with van der Waals surface area (Å²) in [6, 6.07) is 4.34. The van der Waals surface area contributed by atoms with E-state index < -0.39 is 10.9 Å². The first-order chi connectivity index (χ1) is 8.49. The second kappa shape index (κ2) is 4.28. The van der Waals surface area contributed by atoms with Crippen molar-refractivity contribution in [1.29, 1.82) is 0 Å². The standard InChI is InChI=1S/C11H9N3O4/c1-7-2-3-9(14(17)18)4-10(7)13-6-8(5-12-13)11(15)16/h2-6H,1H3,(H,15,16). The maximum Gasteiger partial charge on any atom is 0.338 e. The number of non-ortho nitro benzene ring substituents is 1. The van der Waals surface area contributed by atoms with Gasteiger partial charge in [-0.15, -0.1) is 0 Å². The molecule has 1 aromatic carbocycles. The Labute approximate surface area is 101 Å². The van der Waals surface area contributed by atoms with E-state index in [4.69, 9.17) is 5.11 Å². The number of carbonyl (C=O) groups is 1. The number of aryl methyl sites for hydroxylation is 1. The molecule has 0 fully saturated rings. The first-order valence-corrected chi connectivity index (χ1v) is 5.02. The zero-order chi connectivity index (χ0) is 13.3. The largest absolute Gasteiger partial charge is 0.478 e. The van der Waals surface area contributed by atoms with Gasteiger partial charge in [0.1, 0.15) is 0 Å². The van der Waals surface area contributed by atoms with E-state index in [0.29, 0.717) is 5.69 Å². The van der Waals surface area contributed by atoms with Crippen LogP contribution in [0.15, 0.2) is 30.6 Å². The van der Waals surface area contributed by atoms with Crippen LogP contribution >= 0.6 is 0 Å². The fraction of sp³-hybridized carbons (Fsp3) is 0.0909. The Bertz CT molecular complexity index is 633. The van der Waals surface area contributed by atoms with Crippen LogP contribution in [0, 0.1) is 17.0 Å². The van der Waals surface area contributed by atoms with Crippen molar-refractivity contribution < 1.29 is 14.8 Å². The van der Waals surface area contributed by atoms with Gasteiger partial charge in [0.2, 0.25) is 0 Å². The molecule has 18 heavy (non-hydrogen) atoms. The van der Waals surface area contributed by atoms with E-state index in [1.807, 2.05) is 0 Å². The predicted molar refractivity (Wildman–Crippen MR) is 61.9 cm³/mol. The maximum absolute atomic E-state index is 10.7. The number of hydrogen-bond acceptors (Lipinski definition) is 4. The average molecular weight is 247 g/mol. The molecule has 7 nitrogen and oxygen atoms in total. The van der Waals surface area contributed by atoms with Crippen molar-refractivity contribution in [3.05, 3.63) is 51.8 Å². The molecule has 1 aromatic heterocycles. The molecule has 0 saturated heterocycles. The Hall–Kier alpha value is -2.70. The topological polar surface area (TPSA) is 98.3 Å². The van der Waals surface area contributed by atoms with Crippen molar-refractivity contribution in [2.45, 2.75) is 6.92 Å². The summed E-state index contributed by atoms with van der Waals surface area (Å²) in [5.74, 6) is -1.09. The molecule has 2 aromatic rings. The lowest BCUT2D eigenvalue weighted by molar-refractivity contribution is -0.384. The summed E-state index contributed by atoms with van der Waals surface area (Å²) in [6.07, 6.45) is 2.51. The summed E-state index contributed by atoms with van der Waals surface area (Å²) >= 11 is 0. The summed E-state index contributed by atoms with van der Waals surface area (Å²) in [6.45, 7) is 1.77. The van der Waals surface area contributed by atoms with Crippen LogP contribution in [0.3, 0.4) is 0 Å². The van der Waals surface area contributed by atoms with Crippen molar-refractivity contribution in [2.75, 3.05) is 0 Å². The minimum Gasteiger partial charge on any atom is -0.478 e. The molecule has 0 saturated carbocycles. The highest BCUT2D eigenvalue weighted by Crippen LogP contribution is 2.20. The first-order valence-electron chi connectivity index (χ1n) is 5.02. The zero-order valence-corrected chi connectivity index (χ0v) is 9.40. The highest BCUT2D eigenvalue weighted by atomic mass is 16.6. The summed E-state index contributed by atoms with van der Waals surface area (Å²) < 4.78 is 1.31. The molecule has 0 radical (unpaired) electrons. The minimum absolute atomic E-state index is 0.0286. The molecule has 0 aliphatic carbocycles. The van der Waals surface area contributed by atoms with Gasteiger partial charge in [-0.3, -0.25) is 10.1 Å². The number of benzene rings is 1. The van der Waals surface area contributed by atoms with Crippen molar-refractivity contribution >= 4 is 11.7 Å². The molecule has 7 heteroatoms. The number of aromatic nitrogens is 2. The van der Waals surface area contributed by atoms with Crippen LogP contribution < -0.4 is 0 Å². The molecular weight excluding hydrogens is 238 g/mol. The van der Waals surface area contributed by atoms with E-state index in [1.54, 1.807) is 13.0 Å². The molecule has 0 aliphatic heterocycles. The lowest BCUT2D eigenvalue weighted by Gasteiger charge is -2.04. The number of nitro groups is 1. The van der Waals surface area contributed by atoms with Crippen LogP contribution in [-0.2, 0) is 0 Å². The number of carboxylic acids is 1. The van der Waals surface area contributed by atoms with E-state index >= 15 is 0 Å². The SMILES string of the molecule is Cc1ccc([N+](=O)[O-])cc1-n1cc(C(=O)O)cn1.